The highest BCUT2D eigenvalue weighted by Gasteiger charge is 2.20. The Bertz CT molecular complexity index is 3140. The molecule has 0 saturated carbocycles. The molecule has 0 saturated heterocycles. The summed E-state index contributed by atoms with van der Waals surface area (Å²) in [5, 5.41) is 0. The van der Waals surface area contributed by atoms with Crippen LogP contribution in [-0.4, -0.2) is 0 Å². The van der Waals surface area contributed by atoms with Gasteiger partial charge >= 0.3 is 0 Å². The molecule has 0 aliphatic heterocycles. The van der Waals surface area contributed by atoms with E-state index >= 15 is 0 Å². The van der Waals surface area contributed by atoms with Crippen LogP contribution >= 0.6 is 0 Å². The molecule has 0 amide bonds. The van der Waals surface area contributed by atoms with Crippen LogP contribution < -0.4 is 9.80 Å². The minimum Gasteiger partial charge on any atom is -0.311 e. The highest BCUT2D eigenvalue weighted by Crippen LogP contribution is 2.39. The first kappa shape index (κ1) is 44.4. The van der Waals surface area contributed by atoms with E-state index in [4.69, 9.17) is 0 Å². The van der Waals surface area contributed by atoms with E-state index in [9.17, 15) is 0 Å². The third-order valence-electron chi connectivity index (χ3n) is 13.2. The molecule has 10 rings (SSSR count). The lowest BCUT2D eigenvalue weighted by atomic mass is 9.90. The smallest absolute Gasteiger partial charge is 0.0462 e. The lowest BCUT2D eigenvalue weighted by molar-refractivity contribution is 0.547. The molecule has 0 heterocycles. The molecule has 0 fully saturated rings. The molecule has 0 bridgehead atoms. The van der Waals surface area contributed by atoms with Gasteiger partial charge in [0.1, 0.15) is 0 Å². The minimum absolute atomic E-state index is 0.424. The number of anilines is 5. The van der Waals surface area contributed by atoms with Crippen molar-refractivity contribution in [1.29, 1.82) is 0 Å². The van der Waals surface area contributed by atoms with Gasteiger partial charge in [0, 0.05) is 34.1 Å². The largest absolute Gasteiger partial charge is 0.311 e. The van der Waals surface area contributed by atoms with Crippen molar-refractivity contribution in [2.45, 2.75) is 20.8 Å². The normalized spacial score (nSPS) is 14.0. The SMILES string of the molecule is Cc1ccc(N(c2ccc(C=C(c3ccccc3)c3ccccc3)cc2)c2ccc(-c3ccc(N(C4=CC(C)C(C)C=C4)c4ccc(C=C(c5ccccc5)c5ccccc5)cc4)cc3)cc2)cc1. The Morgan fingerprint density at radius 2 is 0.667 bits per heavy atom. The van der Waals surface area contributed by atoms with Gasteiger partial charge in [-0.05, 0) is 153 Å². The molecule has 0 N–H and O–H groups in total. The van der Waals surface area contributed by atoms with Gasteiger partial charge in [0.05, 0.1) is 0 Å². The van der Waals surface area contributed by atoms with Gasteiger partial charge in [-0.25, -0.2) is 0 Å². The maximum Gasteiger partial charge on any atom is 0.0462 e. The molecule has 1 aliphatic rings. The summed E-state index contributed by atoms with van der Waals surface area (Å²) in [5.41, 5.74) is 19.8. The Morgan fingerprint density at radius 3 is 1.01 bits per heavy atom. The molecule has 2 unspecified atom stereocenters. The van der Waals surface area contributed by atoms with Gasteiger partial charge < -0.3 is 9.80 Å². The first-order valence-corrected chi connectivity index (χ1v) is 24.1. The number of allylic oxidation sites excluding steroid dienone is 3. The van der Waals surface area contributed by atoms with E-state index in [1.807, 2.05) is 0 Å². The molecule has 1 aliphatic carbocycles. The summed E-state index contributed by atoms with van der Waals surface area (Å²) in [6.45, 7) is 6.74. The monoisotopic (exact) mass is 888 g/mol. The number of benzene rings is 9. The number of hydrogen-bond donors (Lipinski definition) is 0. The highest BCUT2D eigenvalue weighted by atomic mass is 15.1. The second kappa shape index (κ2) is 20.6. The van der Waals surface area contributed by atoms with E-state index in [0.29, 0.717) is 11.8 Å². The van der Waals surface area contributed by atoms with Crippen LogP contribution in [0.1, 0.15) is 52.8 Å². The Kier molecular flexibility index (Phi) is 13.2. The Labute approximate surface area is 408 Å². The second-order valence-corrected chi connectivity index (χ2v) is 18.0. The van der Waals surface area contributed by atoms with Gasteiger partial charge in [-0.15, -0.1) is 0 Å². The van der Waals surface area contributed by atoms with Crippen LogP contribution in [0.3, 0.4) is 0 Å². The molecule has 0 spiro atoms. The van der Waals surface area contributed by atoms with Crippen LogP contribution in [0.2, 0.25) is 0 Å². The summed E-state index contributed by atoms with van der Waals surface area (Å²) in [6.07, 6.45) is 11.6. The second-order valence-electron chi connectivity index (χ2n) is 18.0. The molecule has 9 aromatic carbocycles. The predicted octanol–water partition coefficient (Wildman–Crippen LogP) is 18.2. The van der Waals surface area contributed by atoms with Crippen molar-refractivity contribution in [3.63, 3.8) is 0 Å². The molecule has 0 aromatic heterocycles. The summed E-state index contributed by atoms with van der Waals surface area (Å²) in [4.78, 5) is 4.73. The summed E-state index contributed by atoms with van der Waals surface area (Å²) in [5.74, 6) is 0.910. The highest BCUT2D eigenvalue weighted by molar-refractivity contribution is 5.93. The fraction of sp³-hybridized carbons (Fsp3) is 0.0746. The van der Waals surface area contributed by atoms with Gasteiger partial charge in [0.25, 0.3) is 0 Å². The number of hydrogen-bond acceptors (Lipinski definition) is 2. The minimum atomic E-state index is 0.424. The molecule has 2 nitrogen and oxygen atoms in total. The Balaban J connectivity index is 0.937. The van der Waals surface area contributed by atoms with Crippen molar-refractivity contribution in [2.75, 3.05) is 9.80 Å². The van der Waals surface area contributed by atoms with Crippen molar-refractivity contribution < 1.29 is 0 Å². The number of aryl methyl sites for hydroxylation is 1. The predicted molar refractivity (Wildman–Crippen MR) is 295 cm³/mol. The average Bonchev–Trinajstić information content (AvgIpc) is 3.41. The van der Waals surface area contributed by atoms with Crippen LogP contribution in [0.25, 0.3) is 34.4 Å². The molecular weight excluding hydrogens is 833 g/mol. The summed E-state index contributed by atoms with van der Waals surface area (Å²) in [6, 6.07) is 87.2. The first-order chi connectivity index (χ1) is 33.9. The lowest BCUT2D eigenvalue weighted by Gasteiger charge is -2.30. The van der Waals surface area contributed by atoms with Crippen molar-refractivity contribution in [2.24, 2.45) is 11.8 Å². The van der Waals surface area contributed by atoms with Gasteiger partial charge in [0.15, 0.2) is 0 Å². The topological polar surface area (TPSA) is 6.48 Å². The van der Waals surface area contributed by atoms with E-state index in [-0.39, 0.29) is 0 Å². The van der Waals surface area contributed by atoms with E-state index in [0.717, 1.165) is 39.6 Å². The molecule has 0 radical (unpaired) electrons. The van der Waals surface area contributed by atoms with Gasteiger partial charge in [-0.3, -0.25) is 0 Å². The molecule has 9 aromatic rings. The molecular formula is C67H56N2. The van der Waals surface area contributed by atoms with E-state index in [1.54, 1.807) is 0 Å². The van der Waals surface area contributed by atoms with E-state index < -0.39 is 0 Å². The number of nitrogens with zero attached hydrogens (tertiary/aromatic N) is 2. The van der Waals surface area contributed by atoms with Crippen molar-refractivity contribution in [3.8, 4) is 11.1 Å². The van der Waals surface area contributed by atoms with Crippen LogP contribution in [0.15, 0.2) is 267 Å². The van der Waals surface area contributed by atoms with E-state index in [1.165, 1.54) is 55.8 Å². The zero-order chi connectivity index (χ0) is 46.9. The maximum absolute atomic E-state index is 2.41. The lowest BCUT2D eigenvalue weighted by Crippen LogP contribution is -2.19. The fourth-order valence-corrected chi connectivity index (χ4v) is 9.16. The quantitative estimate of drug-likeness (QED) is 0.106. The fourth-order valence-electron chi connectivity index (χ4n) is 9.16. The molecule has 334 valence electrons. The van der Waals surface area contributed by atoms with Crippen LogP contribution in [0.4, 0.5) is 28.4 Å². The van der Waals surface area contributed by atoms with Crippen LogP contribution in [0.5, 0.6) is 0 Å². The third kappa shape index (κ3) is 10.3. The molecule has 2 heteroatoms. The van der Waals surface area contributed by atoms with E-state index in [2.05, 4.69) is 304 Å². The van der Waals surface area contributed by atoms with Crippen LogP contribution in [0, 0.1) is 18.8 Å². The summed E-state index contributed by atoms with van der Waals surface area (Å²) in [7, 11) is 0. The Hall–Kier alpha value is -8.46. The average molecular weight is 889 g/mol. The molecule has 69 heavy (non-hydrogen) atoms. The zero-order valence-corrected chi connectivity index (χ0v) is 39.5. The first-order valence-electron chi connectivity index (χ1n) is 24.1. The van der Waals surface area contributed by atoms with Gasteiger partial charge in [-0.2, -0.15) is 0 Å². The number of rotatable bonds is 13. The third-order valence-corrected chi connectivity index (χ3v) is 13.2. The zero-order valence-electron chi connectivity index (χ0n) is 39.5. The van der Waals surface area contributed by atoms with Crippen molar-refractivity contribution >= 4 is 51.7 Å². The van der Waals surface area contributed by atoms with Gasteiger partial charge in [0.2, 0.25) is 0 Å². The van der Waals surface area contributed by atoms with Gasteiger partial charge in [-0.1, -0.05) is 214 Å². The van der Waals surface area contributed by atoms with Crippen molar-refractivity contribution in [1.82, 2.24) is 0 Å². The maximum atomic E-state index is 2.41. The molecule has 2 atom stereocenters. The van der Waals surface area contributed by atoms with Crippen molar-refractivity contribution in [3.05, 3.63) is 306 Å². The summed E-state index contributed by atoms with van der Waals surface area (Å²) < 4.78 is 0. The van der Waals surface area contributed by atoms with Crippen LogP contribution in [-0.2, 0) is 0 Å². The standard InChI is InChI=1S/C67H56N2/c1-49-24-35-60(36-25-49)68(61-38-27-52(28-39-61)47-66(56-16-8-4-9-17-56)57-18-10-5-11-19-57)63-42-31-54(32-43-63)55-33-44-64(45-34-55)69(65-37-26-50(2)51(3)46-65)62-40-29-53(30-41-62)48-67(58-20-12-6-13-21-58)59-22-14-7-15-23-59/h4-48,50-51H,1-3H3. The summed E-state index contributed by atoms with van der Waals surface area (Å²) >= 11 is 0. The Morgan fingerprint density at radius 1 is 0.348 bits per heavy atom.